The Morgan fingerprint density at radius 3 is 3.00 bits per heavy atom. The van der Waals surface area contributed by atoms with Crippen molar-refractivity contribution in [2.24, 2.45) is 0 Å². The molecule has 3 nitrogen and oxygen atoms in total. The van der Waals surface area contributed by atoms with Gasteiger partial charge in [-0.2, -0.15) is 0 Å². The van der Waals surface area contributed by atoms with Gasteiger partial charge in [-0.05, 0) is 47.7 Å². The number of thiophene rings is 1. The molecule has 0 aliphatic heterocycles. The maximum Gasteiger partial charge on any atom is 0.0724 e. The maximum atomic E-state index is 6.23. The third-order valence-electron chi connectivity index (χ3n) is 3.48. The Bertz CT molecular complexity index is 733. The van der Waals surface area contributed by atoms with Gasteiger partial charge in [-0.3, -0.25) is 4.98 Å². The Morgan fingerprint density at radius 2 is 2.15 bits per heavy atom. The van der Waals surface area contributed by atoms with E-state index in [4.69, 9.17) is 5.73 Å². The number of fused-ring (bicyclic) bond motifs is 1. The monoisotopic (exact) mass is 283 g/mol. The molecule has 102 valence electrons. The molecular formula is C16H17N3S. The van der Waals surface area contributed by atoms with Crippen molar-refractivity contribution in [1.82, 2.24) is 4.98 Å². The van der Waals surface area contributed by atoms with Crippen LogP contribution < -0.4 is 11.1 Å². The zero-order valence-electron chi connectivity index (χ0n) is 11.4. The molecule has 0 radical (unpaired) electrons. The van der Waals surface area contributed by atoms with E-state index in [0.29, 0.717) is 0 Å². The molecular weight excluding hydrogens is 266 g/mol. The predicted octanol–water partition coefficient (Wildman–Crippen LogP) is 4.05. The van der Waals surface area contributed by atoms with E-state index in [1.807, 2.05) is 24.3 Å². The Kier molecular flexibility index (Phi) is 3.56. The number of rotatable bonds is 4. The lowest BCUT2D eigenvalue weighted by atomic mass is 10.1. The molecule has 0 unspecified atom stereocenters. The Morgan fingerprint density at radius 1 is 1.25 bits per heavy atom. The molecule has 1 aromatic carbocycles. The zero-order chi connectivity index (χ0) is 13.9. The zero-order valence-corrected chi connectivity index (χ0v) is 12.2. The first-order valence-electron chi connectivity index (χ1n) is 6.72. The average molecular weight is 283 g/mol. The molecule has 0 aliphatic rings. The molecule has 0 amide bonds. The number of nitrogens with one attached hydrogen (secondary N) is 1. The van der Waals surface area contributed by atoms with Crippen molar-refractivity contribution >= 4 is 33.6 Å². The Hall–Kier alpha value is -2.07. The first-order chi connectivity index (χ1) is 9.79. The van der Waals surface area contributed by atoms with Crippen molar-refractivity contribution < 1.29 is 0 Å². The van der Waals surface area contributed by atoms with Gasteiger partial charge < -0.3 is 11.1 Å². The molecule has 0 aliphatic carbocycles. The summed E-state index contributed by atoms with van der Waals surface area (Å²) in [6.07, 6.45) is 2.85. The summed E-state index contributed by atoms with van der Waals surface area (Å²) in [5.41, 5.74) is 10.3. The summed E-state index contributed by atoms with van der Waals surface area (Å²) >= 11 is 1.79. The minimum absolute atomic E-state index is 0.769. The molecule has 4 heteroatoms. The van der Waals surface area contributed by atoms with Gasteiger partial charge in [0.25, 0.3) is 0 Å². The van der Waals surface area contributed by atoms with Gasteiger partial charge in [-0.25, -0.2) is 0 Å². The fourth-order valence-corrected chi connectivity index (χ4v) is 3.26. The average Bonchev–Trinajstić information content (AvgIpc) is 2.94. The number of hydrogen-bond acceptors (Lipinski definition) is 4. The molecule has 0 saturated heterocycles. The summed E-state index contributed by atoms with van der Waals surface area (Å²) in [6, 6.07) is 10.1. The van der Waals surface area contributed by atoms with Gasteiger partial charge in [0.15, 0.2) is 0 Å². The van der Waals surface area contributed by atoms with Crippen LogP contribution >= 0.6 is 11.3 Å². The number of aryl methyl sites for hydroxylation is 1. The first-order valence-corrected chi connectivity index (χ1v) is 7.60. The Balaban J connectivity index is 1.86. The van der Waals surface area contributed by atoms with E-state index in [1.54, 1.807) is 17.5 Å². The van der Waals surface area contributed by atoms with E-state index in [1.165, 1.54) is 10.4 Å². The summed E-state index contributed by atoms with van der Waals surface area (Å²) in [4.78, 5) is 5.69. The van der Waals surface area contributed by atoms with E-state index in [2.05, 4.69) is 28.7 Å². The summed E-state index contributed by atoms with van der Waals surface area (Å²) in [6.45, 7) is 3.00. The fraction of sp³-hybridized carbons (Fsp3) is 0.188. The van der Waals surface area contributed by atoms with Crippen molar-refractivity contribution in [3.63, 3.8) is 0 Å². The number of benzene rings is 1. The van der Waals surface area contributed by atoms with Gasteiger partial charge in [0, 0.05) is 23.0 Å². The minimum atomic E-state index is 0.769. The third-order valence-corrected chi connectivity index (χ3v) is 4.45. The van der Waals surface area contributed by atoms with E-state index in [9.17, 15) is 0 Å². The third kappa shape index (κ3) is 2.34. The Labute approximate surface area is 122 Å². The molecule has 0 atom stereocenters. The van der Waals surface area contributed by atoms with Crippen LogP contribution in [0.2, 0.25) is 0 Å². The molecule has 2 heterocycles. The first kappa shape index (κ1) is 12.9. The SMILES string of the molecule is CCc1ccsc1CNc1ccc2ncccc2c1N. The lowest BCUT2D eigenvalue weighted by molar-refractivity contribution is 1.08. The van der Waals surface area contributed by atoms with Gasteiger partial charge in [0.05, 0.1) is 16.9 Å². The summed E-state index contributed by atoms with van der Waals surface area (Å²) < 4.78 is 0. The molecule has 20 heavy (non-hydrogen) atoms. The summed E-state index contributed by atoms with van der Waals surface area (Å²) in [5.74, 6) is 0. The van der Waals surface area contributed by atoms with Crippen LogP contribution in [0.1, 0.15) is 17.4 Å². The second-order valence-corrected chi connectivity index (χ2v) is 5.67. The van der Waals surface area contributed by atoms with Crippen molar-refractivity contribution in [2.45, 2.75) is 19.9 Å². The van der Waals surface area contributed by atoms with Crippen LogP contribution in [-0.2, 0) is 13.0 Å². The highest BCUT2D eigenvalue weighted by Crippen LogP contribution is 2.28. The smallest absolute Gasteiger partial charge is 0.0724 e. The van der Waals surface area contributed by atoms with Gasteiger partial charge in [0.2, 0.25) is 0 Å². The summed E-state index contributed by atoms with van der Waals surface area (Å²) in [5, 5.41) is 6.58. The van der Waals surface area contributed by atoms with E-state index in [0.717, 1.165) is 35.2 Å². The normalized spacial score (nSPS) is 10.8. The molecule has 0 bridgehead atoms. The predicted molar refractivity (Wildman–Crippen MR) is 87.2 cm³/mol. The van der Waals surface area contributed by atoms with Gasteiger partial charge >= 0.3 is 0 Å². The number of nitrogen functional groups attached to an aromatic ring is 1. The van der Waals surface area contributed by atoms with E-state index >= 15 is 0 Å². The number of anilines is 2. The lowest BCUT2D eigenvalue weighted by Gasteiger charge is -2.11. The van der Waals surface area contributed by atoms with Crippen molar-refractivity contribution in [2.75, 3.05) is 11.1 Å². The molecule has 0 spiro atoms. The molecule has 2 aromatic heterocycles. The minimum Gasteiger partial charge on any atom is -0.397 e. The van der Waals surface area contributed by atoms with Gasteiger partial charge in [-0.1, -0.05) is 6.92 Å². The number of nitrogens with zero attached hydrogens (tertiary/aromatic N) is 1. The van der Waals surface area contributed by atoms with Crippen LogP contribution in [-0.4, -0.2) is 4.98 Å². The molecule has 0 saturated carbocycles. The topological polar surface area (TPSA) is 50.9 Å². The highest BCUT2D eigenvalue weighted by atomic mass is 32.1. The second-order valence-electron chi connectivity index (χ2n) is 4.67. The van der Waals surface area contributed by atoms with Gasteiger partial charge in [0.1, 0.15) is 0 Å². The highest BCUT2D eigenvalue weighted by molar-refractivity contribution is 7.10. The quantitative estimate of drug-likeness (QED) is 0.710. The van der Waals surface area contributed by atoms with Crippen LogP contribution in [0.25, 0.3) is 10.9 Å². The molecule has 3 aromatic rings. The van der Waals surface area contributed by atoms with Crippen LogP contribution in [0.3, 0.4) is 0 Å². The number of aromatic nitrogens is 1. The highest BCUT2D eigenvalue weighted by Gasteiger charge is 2.06. The van der Waals surface area contributed by atoms with E-state index < -0.39 is 0 Å². The lowest BCUT2D eigenvalue weighted by Crippen LogP contribution is -2.03. The molecule has 3 N–H and O–H groups in total. The van der Waals surface area contributed by atoms with Crippen molar-refractivity contribution in [3.8, 4) is 0 Å². The van der Waals surface area contributed by atoms with Crippen molar-refractivity contribution in [3.05, 3.63) is 52.3 Å². The molecule has 3 rings (SSSR count). The van der Waals surface area contributed by atoms with Crippen LogP contribution in [0.5, 0.6) is 0 Å². The second kappa shape index (κ2) is 5.51. The van der Waals surface area contributed by atoms with E-state index in [-0.39, 0.29) is 0 Å². The van der Waals surface area contributed by atoms with Crippen LogP contribution in [0, 0.1) is 0 Å². The standard InChI is InChI=1S/C16H17N3S/c1-2-11-7-9-20-15(11)10-19-14-6-5-13-12(16(14)17)4-3-8-18-13/h3-9,19H,2,10,17H2,1H3. The van der Waals surface area contributed by atoms with Gasteiger partial charge in [-0.15, -0.1) is 11.3 Å². The number of nitrogens with two attached hydrogens (primary N) is 1. The maximum absolute atomic E-state index is 6.23. The molecule has 0 fully saturated rings. The fourth-order valence-electron chi connectivity index (χ4n) is 2.34. The largest absolute Gasteiger partial charge is 0.397 e. The van der Waals surface area contributed by atoms with Crippen molar-refractivity contribution in [1.29, 1.82) is 0 Å². The number of pyridine rings is 1. The van der Waals surface area contributed by atoms with Crippen LogP contribution in [0.15, 0.2) is 41.9 Å². The summed E-state index contributed by atoms with van der Waals surface area (Å²) in [7, 11) is 0. The van der Waals surface area contributed by atoms with Crippen LogP contribution in [0.4, 0.5) is 11.4 Å². The number of hydrogen-bond donors (Lipinski definition) is 2.